The maximum absolute atomic E-state index is 12.1. The monoisotopic (exact) mass is 300 g/mol. The highest BCUT2D eigenvalue weighted by molar-refractivity contribution is 5.93. The smallest absolute Gasteiger partial charge is 0.270 e. The van der Waals surface area contributed by atoms with Gasteiger partial charge in [0.2, 0.25) is 0 Å². The lowest BCUT2D eigenvalue weighted by atomic mass is 10.2. The van der Waals surface area contributed by atoms with Crippen LogP contribution in [0.5, 0.6) is 5.75 Å². The van der Waals surface area contributed by atoms with Gasteiger partial charge in [-0.1, -0.05) is 19.1 Å². The lowest BCUT2D eigenvalue weighted by molar-refractivity contribution is 0.0934. The number of rotatable bonds is 6. The third-order valence-corrected chi connectivity index (χ3v) is 3.26. The van der Waals surface area contributed by atoms with Crippen molar-refractivity contribution in [3.63, 3.8) is 0 Å². The highest BCUT2D eigenvalue weighted by Gasteiger charge is 2.11. The molecule has 1 atom stereocenters. The van der Waals surface area contributed by atoms with Gasteiger partial charge in [0, 0.05) is 12.1 Å². The molecule has 0 aliphatic rings. The number of ether oxygens (including phenoxy) is 1. The molecule has 1 amide bonds. The number of aromatic nitrogens is 2. The van der Waals surface area contributed by atoms with Gasteiger partial charge in [-0.05, 0) is 25.5 Å². The second-order valence-electron chi connectivity index (χ2n) is 4.90. The van der Waals surface area contributed by atoms with E-state index in [1.165, 1.54) is 6.33 Å². The van der Waals surface area contributed by atoms with E-state index in [9.17, 15) is 4.79 Å². The number of para-hydroxylation sites is 2. The summed E-state index contributed by atoms with van der Waals surface area (Å²) in [6, 6.07) is 9.22. The van der Waals surface area contributed by atoms with Gasteiger partial charge in [0.1, 0.15) is 23.6 Å². The summed E-state index contributed by atoms with van der Waals surface area (Å²) in [5, 5.41) is 6.01. The zero-order chi connectivity index (χ0) is 15.9. The number of methoxy groups -OCH3 is 1. The van der Waals surface area contributed by atoms with Gasteiger partial charge in [-0.15, -0.1) is 0 Å². The minimum absolute atomic E-state index is 0.105. The van der Waals surface area contributed by atoms with Crippen LogP contribution in [0, 0.1) is 0 Å². The molecule has 116 valence electrons. The van der Waals surface area contributed by atoms with Gasteiger partial charge in [0.15, 0.2) is 0 Å². The predicted molar refractivity (Wildman–Crippen MR) is 85.5 cm³/mol. The van der Waals surface area contributed by atoms with Gasteiger partial charge >= 0.3 is 0 Å². The molecule has 6 heteroatoms. The average Bonchev–Trinajstić information content (AvgIpc) is 2.55. The van der Waals surface area contributed by atoms with Gasteiger partial charge in [-0.25, -0.2) is 9.97 Å². The molecular weight excluding hydrogens is 280 g/mol. The molecule has 22 heavy (non-hydrogen) atoms. The number of hydrogen-bond donors (Lipinski definition) is 2. The Morgan fingerprint density at radius 2 is 2.09 bits per heavy atom. The fourth-order valence-electron chi connectivity index (χ4n) is 1.84. The zero-order valence-corrected chi connectivity index (χ0v) is 13.0. The number of anilines is 2. The third-order valence-electron chi connectivity index (χ3n) is 3.26. The molecule has 1 heterocycles. The number of amides is 1. The molecule has 2 rings (SSSR count). The highest BCUT2D eigenvalue weighted by atomic mass is 16.5. The van der Waals surface area contributed by atoms with E-state index in [1.807, 2.05) is 38.1 Å². The predicted octanol–water partition coefficient (Wildman–Crippen LogP) is 2.76. The van der Waals surface area contributed by atoms with Crippen LogP contribution in [0.4, 0.5) is 11.5 Å². The molecule has 2 aromatic rings. The van der Waals surface area contributed by atoms with Crippen LogP contribution < -0.4 is 15.4 Å². The SMILES string of the molecule is CCC(C)NC(=O)c1cc(Nc2ccccc2OC)ncn1. The topological polar surface area (TPSA) is 76.1 Å². The molecule has 1 aromatic carbocycles. The fraction of sp³-hybridized carbons (Fsp3) is 0.312. The summed E-state index contributed by atoms with van der Waals surface area (Å²) >= 11 is 0. The first-order valence-corrected chi connectivity index (χ1v) is 7.17. The van der Waals surface area contributed by atoms with Crippen molar-refractivity contribution in [2.45, 2.75) is 26.3 Å². The van der Waals surface area contributed by atoms with Crippen LogP contribution in [0.3, 0.4) is 0 Å². The molecule has 1 unspecified atom stereocenters. The van der Waals surface area contributed by atoms with Crippen LogP contribution in [0.1, 0.15) is 30.8 Å². The molecule has 0 saturated heterocycles. The molecule has 6 nitrogen and oxygen atoms in total. The Bertz CT molecular complexity index is 646. The maximum Gasteiger partial charge on any atom is 0.270 e. The summed E-state index contributed by atoms with van der Waals surface area (Å²) in [5.41, 5.74) is 1.10. The molecule has 0 saturated carbocycles. The van der Waals surface area contributed by atoms with Gasteiger partial charge < -0.3 is 15.4 Å². The molecule has 2 N–H and O–H groups in total. The van der Waals surface area contributed by atoms with E-state index in [0.29, 0.717) is 17.3 Å². The second kappa shape index (κ2) is 7.40. The summed E-state index contributed by atoms with van der Waals surface area (Å²) in [6.07, 6.45) is 2.23. The number of nitrogens with one attached hydrogen (secondary N) is 2. The summed E-state index contributed by atoms with van der Waals surface area (Å²) < 4.78 is 5.28. The molecule has 0 spiro atoms. The first kappa shape index (κ1) is 15.8. The van der Waals surface area contributed by atoms with Crippen LogP contribution in [0.25, 0.3) is 0 Å². The Kier molecular flexibility index (Phi) is 5.30. The van der Waals surface area contributed by atoms with E-state index in [2.05, 4.69) is 20.6 Å². The van der Waals surface area contributed by atoms with Crippen molar-refractivity contribution in [2.75, 3.05) is 12.4 Å². The number of benzene rings is 1. The molecule has 0 bridgehead atoms. The van der Waals surface area contributed by atoms with Crippen molar-refractivity contribution in [3.05, 3.63) is 42.4 Å². The molecular formula is C16H20N4O2. The largest absolute Gasteiger partial charge is 0.495 e. The Hall–Kier alpha value is -2.63. The summed E-state index contributed by atoms with van der Waals surface area (Å²) in [4.78, 5) is 20.2. The first-order valence-electron chi connectivity index (χ1n) is 7.17. The van der Waals surface area contributed by atoms with Gasteiger partial charge in [0.25, 0.3) is 5.91 Å². The quantitative estimate of drug-likeness (QED) is 0.858. The van der Waals surface area contributed by atoms with E-state index in [-0.39, 0.29) is 11.9 Å². The number of carbonyl (C=O) groups is 1. The van der Waals surface area contributed by atoms with Crippen LogP contribution in [0.2, 0.25) is 0 Å². The van der Waals surface area contributed by atoms with E-state index in [1.54, 1.807) is 13.2 Å². The summed E-state index contributed by atoms with van der Waals surface area (Å²) in [5.74, 6) is 1.03. The molecule has 0 aliphatic heterocycles. The lowest BCUT2D eigenvalue weighted by Crippen LogP contribution is -2.32. The second-order valence-corrected chi connectivity index (χ2v) is 4.90. The summed E-state index contributed by atoms with van der Waals surface area (Å²) in [7, 11) is 1.60. The van der Waals surface area contributed by atoms with Crippen LogP contribution in [-0.4, -0.2) is 29.0 Å². The van der Waals surface area contributed by atoms with Gasteiger partial charge in [-0.2, -0.15) is 0 Å². The third kappa shape index (κ3) is 3.94. The van der Waals surface area contributed by atoms with Crippen molar-refractivity contribution >= 4 is 17.4 Å². The number of hydrogen-bond acceptors (Lipinski definition) is 5. The van der Waals surface area contributed by atoms with Crippen molar-refractivity contribution < 1.29 is 9.53 Å². The fourth-order valence-corrected chi connectivity index (χ4v) is 1.84. The van der Waals surface area contributed by atoms with Crippen molar-refractivity contribution in [1.82, 2.24) is 15.3 Å². The van der Waals surface area contributed by atoms with Crippen LogP contribution in [-0.2, 0) is 0 Å². The normalized spacial score (nSPS) is 11.6. The lowest BCUT2D eigenvalue weighted by Gasteiger charge is -2.12. The van der Waals surface area contributed by atoms with E-state index < -0.39 is 0 Å². The van der Waals surface area contributed by atoms with E-state index in [4.69, 9.17) is 4.74 Å². The van der Waals surface area contributed by atoms with Gasteiger partial charge in [-0.3, -0.25) is 4.79 Å². The average molecular weight is 300 g/mol. The first-order chi connectivity index (χ1) is 10.6. The Balaban J connectivity index is 2.16. The molecule has 0 fully saturated rings. The van der Waals surface area contributed by atoms with Crippen LogP contribution in [0.15, 0.2) is 36.7 Å². The van der Waals surface area contributed by atoms with Crippen molar-refractivity contribution in [3.8, 4) is 5.75 Å². The minimum Gasteiger partial charge on any atom is -0.495 e. The van der Waals surface area contributed by atoms with E-state index in [0.717, 1.165) is 12.1 Å². The van der Waals surface area contributed by atoms with Crippen molar-refractivity contribution in [2.24, 2.45) is 0 Å². The zero-order valence-electron chi connectivity index (χ0n) is 13.0. The Labute approximate surface area is 129 Å². The van der Waals surface area contributed by atoms with Crippen molar-refractivity contribution in [1.29, 1.82) is 0 Å². The number of carbonyl (C=O) groups excluding carboxylic acids is 1. The van der Waals surface area contributed by atoms with Gasteiger partial charge in [0.05, 0.1) is 12.8 Å². The Morgan fingerprint density at radius 1 is 1.32 bits per heavy atom. The molecule has 0 radical (unpaired) electrons. The van der Waals surface area contributed by atoms with Crippen LogP contribution >= 0.6 is 0 Å². The Morgan fingerprint density at radius 3 is 2.82 bits per heavy atom. The molecule has 1 aromatic heterocycles. The number of nitrogens with zero attached hydrogens (tertiary/aromatic N) is 2. The maximum atomic E-state index is 12.1. The standard InChI is InChI=1S/C16H20N4O2/c1-4-11(2)19-16(21)13-9-15(18-10-17-13)20-12-7-5-6-8-14(12)22-3/h5-11H,4H2,1-3H3,(H,19,21)(H,17,18,20). The molecule has 0 aliphatic carbocycles. The summed E-state index contributed by atoms with van der Waals surface area (Å²) in [6.45, 7) is 3.96. The highest BCUT2D eigenvalue weighted by Crippen LogP contribution is 2.26. The minimum atomic E-state index is -0.208. The van der Waals surface area contributed by atoms with E-state index >= 15 is 0 Å².